The maximum atomic E-state index is 11.6. The lowest BCUT2D eigenvalue weighted by Crippen LogP contribution is -2.59. The molecule has 6 heteroatoms. The van der Waals surface area contributed by atoms with Crippen molar-refractivity contribution in [2.24, 2.45) is 23.5 Å². The molecule has 138 valence electrons. The van der Waals surface area contributed by atoms with E-state index in [1.165, 1.54) is 38.6 Å². The minimum Gasteiger partial charge on any atom is -0.373 e. The molecule has 25 heavy (non-hydrogen) atoms. The number of carbonyl (C=O) groups excluding carboxylic acids is 1. The molecule has 0 spiro atoms. The van der Waals surface area contributed by atoms with Crippen molar-refractivity contribution in [3.8, 4) is 0 Å². The first kappa shape index (κ1) is 18.6. The Morgan fingerprint density at radius 2 is 2.00 bits per heavy atom. The molecular weight excluding hydrogens is 338 g/mol. The number of rotatable bonds is 5. The summed E-state index contributed by atoms with van der Waals surface area (Å²) in [6.07, 6.45) is 8.12. The Morgan fingerprint density at radius 3 is 2.56 bits per heavy atom. The normalized spacial score (nSPS) is 32.0. The fourth-order valence-corrected chi connectivity index (χ4v) is 5.07. The van der Waals surface area contributed by atoms with Gasteiger partial charge in [0, 0.05) is 44.8 Å². The van der Waals surface area contributed by atoms with E-state index in [1.807, 2.05) is 19.2 Å². The maximum Gasteiger partial charge on any atom is 0.267 e. The number of fused-ring (bicyclic) bond motifs is 2. The summed E-state index contributed by atoms with van der Waals surface area (Å²) >= 11 is 0. The van der Waals surface area contributed by atoms with Crippen LogP contribution in [0.15, 0.2) is 18.3 Å². The van der Waals surface area contributed by atoms with Crippen molar-refractivity contribution in [2.45, 2.75) is 37.7 Å². The van der Waals surface area contributed by atoms with Crippen LogP contribution in [0.4, 0.5) is 0 Å². The molecule has 0 aromatic carbocycles. The zero-order valence-electron chi connectivity index (χ0n) is 14.8. The number of methoxy groups -OCH3 is 1. The van der Waals surface area contributed by atoms with Crippen molar-refractivity contribution < 1.29 is 9.53 Å². The Bertz CT molecular complexity index is 621. The average Bonchev–Trinajstić information content (AvgIpc) is 3.38. The summed E-state index contributed by atoms with van der Waals surface area (Å²) in [4.78, 5) is 18.3. The predicted octanol–water partition coefficient (Wildman–Crippen LogP) is 2.59. The van der Waals surface area contributed by atoms with Gasteiger partial charge in [0.2, 0.25) is 0 Å². The smallest absolute Gasteiger partial charge is 0.267 e. The molecule has 2 bridgehead atoms. The van der Waals surface area contributed by atoms with E-state index in [0.717, 1.165) is 24.6 Å². The minimum absolute atomic E-state index is 0. The van der Waals surface area contributed by atoms with Gasteiger partial charge in [-0.05, 0) is 49.3 Å². The second-order valence-corrected chi connectivity index (χ2v) is 7.78. The fraction of sp³-hybridized carbons (Fsp3) is 0.684. The van der Waals surface area contributed by atoms with Crippen LogP contribution in [0.5, 0.6) is 0 Å². The lowest BCUT2D eigenvalue weighted by molar-refractivity contribution is -0.169. The number of amides is 1. The van der Waals surface area contributed by atoms with Crippen molar-refractivity contribution in [3.63, 3.8) is 0 Å². The quantitative estimate of drug-likeness (QED) is 0.870. The number of hydrogen-bond donors (Lipinski definition) is 1. The molecule has 1 aromatic rings. The van der Waals surface area contributed by atoms with Gasteiger partial charge in [0.15, 0.2) is 0 Å². The van der Waals surface area contributed by atoms with Crippen LogP contribution in [0.25, 0.3) is 0 Å². The van der Waals surface area contributed by atoms with Crippen molar-refractivity contribution in [1.29, 1.82) is 0 Å². The highest BCUT2D eigenvalue weighted by molar-refractivity contribution is 5.90. The summed E-state index contributed by atoms with van der Waals surface area (Å²) < 4.78 is 6.23. The molecule has 5 nitrogen and oxygen atoms in total. The van der Waals surface area contributed by atoms with Crippen LogP contribution in [-0.2, 0) is 10.3 Å². The van der Waals surface area contributed by atoms with E-state index in [1.54, 1.807) is 6.20 Å². The second-order valence-electron chi connectivity index (χ2n) is 7.78. The van der Waals surface area contributed by atoms with Gasteiger partial charge in [0.1, 0.15) is 11.3 Å². The fourth-order valence-electron chi connectivity index (χ4n) is 5.07. The molecule has 2 heterocycles. The van der Waals surface area contributed by atoms with Crippen molar-refractivity contribution in [1.82, 2.24) is 9.88 Å². The summed E-state index contributed by atoms with van der Waals surface area (Å²) in [5, 5.41) is 0. The largest absolute Gasteiger partial charge is 0.373 e. The second kappa shape index (κ2) is 7.22. The molecule has 1 aliphatic heterocycles. The molecular formula is C19H28ClN3O2. The Hall–Kier alpha value is -1.17. The molecule has 3 fully saturated rings. The van der Waals surface area contributed by atoms with Crippen molar-refractivity contribution in [3.05, 3.63) is 29.6 Å². The molecule has 3 atom stereocenters. The molecule has 1 amide bonds. The summed E-state index contributed by atoms with van der Waals surface area (Å²) in [6, 6.07) is 3.87. The lowest BCUT2D eigenvalue weighted by atomic mass is 9.62. The number of nitrogens with zero attached hydrogens (tertiary/aromatic N) is 2. The predicted molar refractivity (Wildman–Crippen MR) is 98.7 cm³/mol. The number of likely N-dealkylation sites (tertiary alicyclic amines) is 1. The van der Waals surface area contributed by atoms with E-state index < -0.39 is 5.91 Å². The minimum atomic E-state index is -0.473. The highest BCUT2D eigenvalue weighted by Crippen LogP contribution is 2.51. The number of nitrogens with two attached hydrogens (primary N) is 1. The van der Waals surface area contributed by atoms with Crippen LogP contribution in [-0.4, -0.2) is 42.5 Å². The standard InChI is InChI=1S/C19H27N3O2.ClH/c1-24-19(14-7-8-21-17(9-14)18(20)23)15-3-2-4-16(19)12-22(11-15)10-13-5-6-13;/h7-9,13,15-16H,2-6,10-12H2,1H3,(H2,20,23);1H/t15-,16+,19+;. The zero-order chi connectivity index (χ0) is 16.7. The Labute approximate surface area is 155 Å². The first-order chi connectivity index (χ1) is 11.6. The van der Waals surface area contributed by atoms with Gasteiger partial charge in [0.05, 0.1) is 0 Å². The van der Waals surface area contributed by atoms with E-state index in [-0.39, 0.29) is 18.0 Å². The molecule has 2 N–H and O–H groups in total. The summed E-state index contributed by atoms with van der Waals surface area (Å²) in [5.74, 6) is 1.39. The zero-order valence-corrected chi connectivity index (χ0v) is 15.6. The number of halogens is 1. The van der Waals surface area contributed by atoms with Gasteiger partial charge in [-0.15, -0.1) is 12.4 Å². The van der Waals surface area contributed by atoms with E-state index in [0.29, 0.717) is 17.5 Å². The molecule has 2 saturated carbocycles. The van der Waals surface area contributed by atoms with Crippen LogP contribution >= 0.6 is 12.4 Å². The third kappa shape index (κ3) is 3.29. The maximum absolute atomic E-state index is 11.6. The molecule has 3 aliphatic rings. The monoisotopic (exact) mass is 365 g/mol. The van der Waals surface area contributed by atoms with Crippen molar-refractivity contribution >= 4 is 18.3 Å². The van der Waals surface area contributed by atoms with Gasteiger partial charge in [-0.25, -0.2) is 0 Å². The number of aromatic nitrogens is 1. The van der Waals surface area contributed by atoms with Gasteiger partial charge in [-0.3, -0.25) is 9.78 Å². The number of primary amides is 1. The highest BCUT2D eigenvalue weighted by Gasteiger charge is 2.53. The number of hydrogen-bond acceptors (Lipinski definition) is 4. The van der Waals surface area contributed by atoms with E-state index >= 15 is 0 Å². The third-order valence-corrected chi connectivity index (χ3v) is 6.29. The van der Waals surface area contributed by atoms with Crippen molar-refractivity contribution in [2.75, 3.05) is 26.7 Å². The van der Waals surface area contributed by atoms with Gasteiger partial charge < -0.3 is 15.4 Å². The number of ether oxygens (including phenoxy) is 1. The average molecular weight is 366 g/mol. The highest BCUT2D eigenvalue weighted by atomic mass is 35.5. The van der Waals surface area contributed by atoms with Crippen LogP contribution in [0, 0.1) is 17.8 Å². The van der Waals surface area contributed by atoms with Gasteiger partial charge in [-0.1, -0.05) is 6.42 Å². The molecule has 1 saturated heterocycles. The topological polar surface area (TPSA) is 68.5 Å². The van der Waals surface area contributed by atoms with Gasteiger partial charge in [-0.2, -0.15) is 0 Å². The van der Waals surface area contributed by atoms with E-state index in [4.69, 9.17) is 10.5 Å². The van der Waals surface area contributed by atoms with Gasteiger partial charge >= 0.3 is 0 Å². The molecule has 0 radical (unpaired) electrons. The summed E-state index contributed by atoms with van der Waals surface area (Å²) in [6.45, 7) is 3.43. The Balaban J connectivity index is 0.00000182. The van der Waals surface area contributed by atoms with E-state index in [2.05, 4.69) is 9.88 Å². The molecule has 1 aromatic heterocycles. The van der Waals surface area contributed by atoms with Crippen LogP contribution < -0.4 is 5.73 Å². The first-order valence-electron chi connectivity index (χ1n) is 9.17. The third-order valence-electron chi connectivity index (χ3n) is 6.29. The SMILES string of the molecule is CO[C@@]1(c2ccnc(C(N)=O)c2)[C@@H]2CCC[C@H]1CN(CC1CC1)C2.Cl. The Kier molecular flexibility index (Phi) is 5.37. The van der Waals surface area contributed by atoms with E-state index in [9.17, 15) is 4.79 Å². The van der Waals surface area contributed by atoms with Crippen LogP contribution in [0.3, 0.4) is 0 Å². The Morgan fingerprint density at radius 1 is 1.32 bits per heavy atom. The number of pyridine rings is 1. The summed E-state index contributed by atoms with van der Waals surface area (Å²) in [5.41, 5.74) is 6.56. The van der Waals surface area contributed by atoms with Crippen LogP contribution in [0.1, 0.15) is 48.2 Å². The molecule has 4 rings (SSSR count). The molecule has 2 aliphatic carbocycles. The molecule has 0 unspecified atom stereocenters. The number of piperidine rings is 1. The lowest BCUT2D eigenvalue weighted by Gasteiger charge is -2.55. The van der Waals surface area contributed by atoms with Gasteiger partial charge in [0.25, 0.3) is 5.91 Å². The number of carbonyl (C=O) groups is 1. The first-order valence-corrected chi connectivity index (χ1v) is 9.17. The van der Waals surface area contributed by atoms with Crippen LogP contribution in [0.2, 0.25) is 0 Å². The summed E-state index contributed by atoms with van der Waals surface area (Å²) in [7, 11) is 1.83.